The lowest BCUT2D eigenvalue weighted by molar-refractivity contribution is 0.0989. The smallest absolute Gasteiger partial charge is 0.293 e. The molecule has 1 aromatic heterocycles. The van der Waals surface area contributed by atoms with Gasteiger partial charge in [0.2, 0.25) is 6.79 Å². The first-order chi connectivity index (χ1) is 8.65. The van der Waals surface area contributed by atoms with Gasteiger partial charge in [-0.05, 0) is 18.2 Å². The summed E-state index contributed by atoms with van der Waals surface area (Å²) in [6.07, 6.45) is 0. The van der Waals surface area contributed by atoms with E-state index in [0.29, 0.717) is 22.8 Å². The van der Waals surface area contributed by atoms with Gasteiger partial charge in [0.1, 0.15) is 5.69 Å². The van der Waals surface area contributed by atoms with Gasteiger partial charge in [-0.3, -0.25) is 4.79 Å². The molecular weight excluding hydrogens is 236 g/mol. The number of aromatic nitrogens is 1. The van der Waals surface area contributed by atoms with Crippen LogP contribution >= 0.6 is 0 Å². The Morgan fingerprint density at radius 1 is 1.33 bits per heavy atom. The maximum Gasteiger partial charge on any atom is 0.293 e. The molecule has 2 heterocycles. The van der Waals surface area contributed by atoms with E-state index in [1.54, 1.807) is 18.2 Å². The lowest BCUT2D eigenvalue weighted by atomic mass is 10.1. The van der Waals surface area contributed by atoms with E-state index >= 15 is 0 Å². The van der Waals surface area contributed by atoms with Crippen molar-refractivity contribution >= 4 is 11.8 Å². The summed E-state index contributed by atoms with van der Waals surface area (Å²) < 4.78 is 15.6. The number of nitrogens with two attached hydrogens (primary N) is 1. The van der Waals surface area contributed by atoms with E-state index < -0.39 is 0 Å². The normalized spacial score (nSPS) is 12.7. The molecule has 6 heteroatoms. The van der Waals surface area contributed by atoms with E-state index in [-0.39, 0.29) is 24.4 Å². The van der Waals surface area contributed by atoms with Crippen molar-refractivity contribution in [1.29, 1.82) is 0 Å². The molecule has 0 saturated heterocycles. The Morgan fingerprint density at radius 3 is 2.89 bits per heavy atom. The van der Waals surface area contributed by atoms with Gasteiger partial charge >= 0.3 is 0 Å². The van der Waals surface area contributed by atoms with Crippen LogP contribution in [0, 0.1) is 0 Å². The highest BCUT2D eigenvalue weighted by Gasteiger charge is 2.20. The Balaban J connectivity index is 2.12. The minimum Gasteiger partial charge on any atom is -0.454 e. The molecule has 0 saturated carbocycles. The summed E-state index contributed by atoms with van der Waals surface area (Å²) in [5.74, 6) is 1.20. The minimum atomic E-state index is -0.230. The number of ketones is 1. The number of anilines is 1. The Morgan fingerprint density at radius 2 is 2.11 bits per heavy atom. The molecule has 1 aliphatic rings. The van der Waals surface area contributed by atoms with Gasteiger partial charge in [0, 0.05) is 12.5 Å². The van der Waals surface area contributed by atoms with Crippen molar-refractivity contribution in [3.63, 3.8) is 0 Å². The first-order valence-corrected chi connectivity index (χ1v) is 5.32. The molecule has 18 heavy (non-hydrogen) atoms. The van der Waals surface area contributed by atoms with Crippen LogP contribution < -0.4 is 15.2 Å². The van der Waals surface area contributed by atoms with E-state index in [1.165, 1.54) is 6.92 Å². The van der Waals surface area contributed by atoms with Crippen LogP contribution in [0.25, 0.3) is 11.3 Å². The second kappa shape index (κ2) is 3.76. The van der Waals surface area contributed by atoms with Gasteiger partial charge in [0.05, 0.1) is 0 Å². The number of nitrogens with zero attached hydrogens (tertiary/aromatic N) is 1. The number of benzene rings is 1. The lowest BCUT2D eigenvalue weighted by Gasteiger charge is -2.00. The van der Waals surface area contributed by atoms with Crippen molar-refractivity contribution in [1.82, 2.24) is 4.98 Å². The second-order valence-electron chi connectivity index (χ2n) is 3.85. The molecule has 2 N–H and O–H groups in total. The fourth-order valence-electron chi connectivity index (χ4n) is 1.81. The summed E-state index contributed by atoms with van der Waals surface area (Å²) in [5.41, 5.74) is 6.60. The summed E-state index contributed by atoms with van der Waals surface area (Å²) in [7, 11) is 0. The number of rotatable bonds is 2. The highest BCUT2D eigenvalue weighted by molar-refractivity contribution is 5.97. The monoisotopic (exact) mass is 246 g/mol. The third-order valence-electron chi connectivity index (χ3n) is 2.61. The van der Waals surface area contributed by atoms with E-state index in [1.807, 2.05) is 0 Å². The molecule has 0 fully saturated rings. The third-order valence-corrected chi connectivity index (χ3v) is 2.61. The highest BCUT2D eigenvalue weighted by atomic mass is 16.7. The van der Waals surface area contributed by atoms with Crippen LogP contribution in [0.15, 0.2) is 22.6 Å². The van der Waals surface area contributed by atoms with Crippen molar-refractivity contribution in [3.8, 4) is 22.8 Å². The van der Waals surface area contributed by atoms with E-state index in [9.17, 15) is 4.79 Å². The average molecular weight is 246 g/mol. The van der Waals surface area contributed by atoms with Crippen LogP contribution in [0.2, 0.25) is 0 Å². The van der Waals surface area contributed by atoms with Crippen molar-refractivity contribution in [2.24, 2.45) is 0 Å². The summed E-state index contributed by atoms with van der Waals surface area (Å²) >= 11 is 0. The molecule has 2 aromatic rings. The largest absolute Gasteiger partial charge is 0.454 e. The van der Waals surface area contributed by atoms with E-state index in [0.717, 1.165) is 0 Å². The molecule has 0 aliphatic carbocycles. The Hall–Kier alpha value is -2.50. The van der Waals surface area contributed by atoms with Crippen LogP contribution in [0.3, 0.4) is 0 Å². The SMILES string of the molecule is CC(=O)c1oc(N)nc1-c1ccc2c(c1)OCO2. The van der Waals surface area contributed by atoms with Crippen molar-refractivity contribution in [2.45, 2.75) is 6.92 Å². The number of hydrogen-bond acceptors (Lipinski definition) is 6. The minimum absolute atomic E-state index is 0.0344. The predicted molar refractivity (Wildman–Crippen MR) is 62.5 cm³/mol. The Kier molecular flexibility index (Phi) is 2.22. The second-order valence-corrected chi connectivity index (χ2v) is 3.85. The van der Waals surface area contributed by atoms with Crippen molar-refractivity contribution in [3.05, 3.63) is 24.0 Å². The third kappa shape index (κ3) is 1.58. The Labute approximate surface area is 102 Å². The standard InChI is InChI=1S/C12H10N2O4/c1-6(15)11-10(14-12(13)18-11)7-2-3-8-9(4-7)17-5-16-8/h2-4H,5H2,1H3,(H2,13,14). The summed E-state index contributed by atoms with van der Waals surface area (Å²) in [4.78, 5) is 15.5. The fraction of sp³-hybridized carbons (Fsp3) is 0.167. The predicted octanol–water partition coefficient (Wildman–Crippen LogP) is 1.86. The first kappa shape index (κ1) is 10.6. The van der Waals surface area contributed by atoms with Gasteiger partial charge in [0.15, 0.2) is 23.0 Å². The van der Waals surface area contributed by atoms with Crippen molar-refractivity contribution in [2.75, 3.05) is 12.5 Å². The van der Waals surface area contributed by atoms with Gasteiger partial charge in [0.25, 0.3) is 6.01 Å². The Bertz CT molecular complexity index is 633. The van der Waals surface area contributed by atoms with Gasteiger partial charge in [-0.1, -0.05) is 0 Å². The van der Waals surface area contributed by atoms with Gasteiger partial charge in [-0.2, -0.15) is 4.98 Å². The molecule has 1 aromatic carbocycles. The highest BCUT2D eigenvalue weighted by Crippen LogP contribution is 2.36. The summed E-state index contributed by atoms with van der Waals surface area (Å²) in [6.45, 7) is 1.59. The molecule has 6 nitrogen and oxygen atoms in total. The average Bonchev–Trinajstić information content (AvgIpc) is 2.93. The van der Waals surface area contributed by atoms with Gasteiger partial charge in [-0.15, -0.1) is 0 Å². The topological polar surface area (TPSA) is 87.6 Å². The van der Waals surface area contributed by atoms with Crippen LogP contribution in [0.5, 0.6) is 11.5 Å². The number of fused-ring (bicyclic) bond motifs is 1. The first-order valence-electron chi connectivity index (χ1n) is 5.32. The summed E-state index contributed by atoms with van der Waals surface area (Å²) in [6, 6.07) is 5.24. The molecule has 1 aliphatic heterocycles. The molecule has 92 valence electrons. The van der Waals surface area contributed by atoms with Gasteiger partial charge in [-0.25, -0.2) is 0 Å². The molecule has 0 bridgehead atoms. The number of oxazole rings is 1. The van der Waals surface area contributed by atoms with Crippen LogP contribution in [-0.4, -0.2) is 17.6 Å². The number of ether oxygens (including phenoxy) is 2. The maximum atomic E-state index is 11.4. The molecule has 0 radical (unpaired) electrons. The van der Waals surface area contributed by atoms with E-state index in [2.05, 4.69) is 4.98 Å². The zero-order chi connectivity index (χ0) is 12.7. The van der Waals surface area contributed by atoms with Crippen LogP contribution in [-0.2, 0) is 0 Å². The molecule has 0 amide bonds. The molecule has 0 spiro atoms. The van der Waals surface area contributed by atoms with Gasteiger partial charge < -0.3 is 19.6 Å². The molecule has 0 atom stereocenters. The fourth-order valence-corrected chi connectivity index (χ4v) is 1.81. The molecule has 0 unspecified atom stereocenters. The molecular formula is C12H10N2O4. The number of carbonyl (C=O) groups excluding carboxylic acids is 1. The number of nitrogen functional groups attached to an aromatic ring is 1. The number of hydrogen-bond donors (Lipinski definition) is 1. The number of Topliss-reactive ketones (excluding diaryl/α,β-unsaturated/α-hetero) is 1. The summed E-state index contributed by atoms with van der Waals surface area (Å²) in [5, 5.41) is 0. The maximum absolute atomic E-state index is 11.4. The van der Waals surface area contributed by atoms with E-state index in [4.69, 9.17) is 19.6 Å². The molecule has 3 rings (SSSR count). The van der Waals surface area contributed by atoms with Crippen LogP contribution in [0.4, 0.5) is 6.01 Å². The van der Waals surface area contributed by atoms with Crippen LogP contribution in [0.1, 0.15) is 17.5 Å². The zero-order valence-corrected chi connectivity index (χ0v) is 9.60. The van der Waals surface area contributed by atoms with Crippen molar-refractivity contribution < 1.29 is 18.7 Å². The zero-order valence-electron chi connectivity index (χ0n) is 9.60. The quantitative estimate of drug-likeness (QED) is 0.813. The lowest BCUT2D eigenvalue weighted by Crippen LogP contribution is -1.93. The number of carbonyl (C=O) groups is 1.